The number of hydrogen-bond acceptors (Lipinski definition) is 2. The van der Waals surface area contributed by atoms with Crippen LogP contribution in [0.25, 0.3) is 0 Å². The Hall–Kier alpha value is -0.0800. The van der Waals surface area contributed by atoms with E-state index in [-0.39, 0.29) is 5.60 Å². The SMILES string of the molecule is COC[C@]12CCCCC1CC[C@@H]1[C@H]2CC[C@@]2(C)[C@H]1CCC2(C)OC. The third-order valence-electron chi connectivity index (χ3n) is 9.68. The van der Waals surface area contributed by atoms with Gasteiger partial charge in [-0.2, -0.15) is 0 Å². The van der Waals surface area contributed by atoms with Crippen LogP contribution in [0.2, 0.25) is 0 Å². The lowest BCUT2D eigenvalue weighted by molar-refractivity contribution is -0.172. The summed E-state index contributed by atoms with van der Waals surface area (Å²) in [4.78, 5) is 0. The first kappa shape index (κ1) is 17.3. The molecule has 4 saturated carbocycles. The smallest absolute Gasteiger partial charge is 0.0706 e. The van der Waals surface area contributed by atoms with Crippen molar-refractivity contribution in [1.29, 1.82) is 0 Å². The van der Waals surface area contributed by atoms with Crippen molar-refractivity contribution >= 4 is 0 Å². The van der Waals surface area contributed by atoms with E-state index in [0.717, 1.165) is 30.3 Å². The Morgan fingerprint density at radius 2 is 1.62 bits per heavy atom. The van der Waals surface area contributed by atoms with Gasteiger partial charge in [0, 0.05) is 14.2 Å². The molecule has 0 saturated heterocycles. The van der Waals surface area contributed by atoms with Crippen LogP contribution in [0.3, 0.4) is 0 Å². The third-order valence-corrected chi connectivity index (χ3v) is 9.68. The van der Waals surface area contributed by atoms with Gasteiger partial charge in [-0.25, -0.2) is 0 Å². The van der Waals surface area contributed by atoms with E-state index in [4.69, 9.17) is 9.47 Å². The second-order valence-corrected chi connectivity index (χ2v) is 9.99. The van der Waals surface area contributed by atoms with Gasteiger partial charge in [0.25, 0.3) is 0 Å². The molecule has 4 rings (SSSR count). The number of rotatable bonds is 3. The molecule has 138 valence electrons. The molecule has 0 radical (unpaired) electrons. The number of hydrogen-bond donors (Lipinski definition) is 0. The van der Waals surface area contributed by atoms with Crippen LogP contribution in [0.15, 0.2) is 0 Å². The number of methoxy groups -OCH3 is 2. The van der Waals surface area contributed by atoms with Gasteiger partial charge in [0.05, 0.1) is 12.2 Å². The first-order chi connectivity index (χ1) is 11.5. The van der Waals surface area contributed by atoms with Crippen LogP contribution in [0, 0.1) is 34.5 Å². The predicted molar refractivity (Wildman–Crippen MR) is 98.0 cm³/mol. The lowest BCUT2D eigenvalue weighted by Crippen LogP contribution is -2.57. The summed E-state index contributed by atoms with van der Waals surface area (Å²) in [6, 6.07) is 0. The highest BCUT2D eigenvalue weighted by Gasteiger charge is 2.64. The fourth-order valence-corrected chi connectivity index (χ4v) is 8.18. The molecule has 0 aromatic carbocycles. The highest BCUT2D eigenvalue weighted by molar-refractivity contribution is 5.13. The van der Waals surface area contributed by atoms with E-state index in [1.54, 1.807) is 0 Å². The maximum atomic E-state index is 6.11. The predicted octanol–water partition coefficient (Wildman–Crippen LogP) is 5.45. The van der Waals surface area contributed by atoms with Gasteiger partial charge in [-0.1, -0.05) is 19.8 Å². The van der Waals surface area contributed by atoms with Crippen LogP contribution in [0.5, 0.6) is 0 Å². The molecule has 2 unspecified atom stereocenters. The third kappa shape index (κ3) is 2.14. The van der Waals surface area contributed by atoms with Gasteiger partial charge in [0.1, 0.15) is 0 Å². The Morgan fingerprint density at radius 1 is 0.833 bits per heavy atom. The number of fused-ring (bicyclic) bond motifs is 5. The molecule has 0 amide bonds. The summed E-state index contributed by atoms with van der Waals surface area (Å²) >= 11 is 0. The van der Waals surface area contributed by atoms with Crippen molar-refractivity contribution in [1.82, 2.24) is 0 Å². The molecule has 0 bridgehead atoms. The zero-order valence-electron chi connectivity index (χ0n) is 16.4. The minimum absolute atomic E-state index is 0.0977. The van der Waals surface area contributed by atoms with Crippen LogP contribution in [0.4, 0.5) is 0 Å². The molecule has 7 atom stereocenters. The summed E-state index contributed by atoms with van der Waals surface area (Å²) in [5.74, 6) is 3.64. The van der Waals surface area contributed by atoms with Gasteiger partial charge in [-0.15, -0.1) is 0 Å². The molecular weight excluding hydrogens is 296 g/mol. The van der Waals surface area contributed by atoms with Crippen LogP contribution < -0.4 is 0 Å². The van der Waals surface area contributed by atoms with Crippen molar-refractivity contribution in [3.8, 4) is 0 Å². The molecule has 0 aliphatic heterocycles. The Balaban J connectivity index is 1.66. The van der Waals surface area contributed by atoms with Crippen molar-refractivity contribution in [3.63, 3.8) is 0 Å². The fourth-order valence-electron chi connectivity index (χ4n) is 8.18. The molecule has 0 aromatic rings. The maximum Gasteiger partial charge on any atom is 0.0706 e. The van der Waals surface area contributed by atoms with Crippen molar-refractivity contribution in [2.24, 2.45) is 34.5 Å². The molecule has 0 heterocycles. The molecule has 4 aliphatic rings. The van der Waals surface area contributed by atoms with Gasteiger partial charge >= 0.3 is 0 Å². The van der Waals surface area contributed by atoms with E-state index in [2.05, 4.69) is 13.8 Å². The first-order valence-corrected chi connectivity index (χ1v) is 10.5. The molecule has 2 heteroatoms. The zero-order chi connectivity index (χ0) is 17.0. The van der Waals surface area contributed by atoms with Crippen molar-refractivity contribution in [2.75, 3.05) is 20.8 Å². The summed E-state index contributed by atoms with van der Waals surface area (Å²) in [7, 11) is 3.89. The summed E-state index contributed by atoms with van der Waals surface area (Å²) in [6.07, 6.45) is 14.1. The normalized spacial score (nSPS) is 54.0. The summed E-state index contributed by atoms with van der Waals surface area (Å²) in [5.41, 5.74) is 0.989. The van der Waals surface area contributed by atoms with Gasteiger partial charge in [0.2, 0.25) is 0 Å². The standard InChI is InChI=1S/C22H38O2/c1-20-13-10-19-17(18(20)11-14-21(20,2)24-4)9-8-16-7-5-6-12-22(16,19)15-23-3/h16-19H,5-15H2,1-4H3/t16?,17-,18-,19+,20-,21?,22+/m0/s1. The van der Waals surface area contributed by atoms with E-state index in [1.165, 1.54) is 64.2 Å². The van der Waals surface area contributed by atoms with E-state index < -0.39 is 0 Å². The second kappa shape index (κ2) is 5.98. The highest BCUT2D eigenvalue weighted by Crippen LogP contribution is 2.68. The Kier molecular flexibility index (Phi) is 4.32. The average molecular weight is 335 g/mol. The van der Waals surface area contributed by atoms with Gasteiger partial charge < -0.3 is 9.47 Å². The fraction of sp³-hybridized carbons (Fsp3) is 1.00. The topological polar surface area (TPSA) is 18.5 Å². The van der Waals surface area contributed by atoms with Crippen LogP contribution in [-0.4, -0.2) is 26.4 Å². The van der Waals surface area contributed by atoms with Crippen molar-refractivity contribution in [2.45, 2.75) is 83.7 Å². The van der Waals surface area contributed by atoms with E-state index in [0.29, 0.717) is 10.8 Å². The van der Waals surface area contributed by atoms with Crippen LogP contribution in [-0.2, 0) is 9.47 Å². The lowest BCUT2D eigenvalue weighted by atomic mass is 9.44. The minimum Gasteiger partial charge on any atom is -0.384 e. The van der Waals surface area contributed by atoms with Gasteiger partial charge in [0.15, 0.2) is 0 Å². The zero-order valence-corrected chi connectivity index (χ0v) is 16.4. The molecule has 0 N–H and O–H groups in total. The average Bonchev–Trinajstić information content (AvgIpc) is 2.87. The van der Waals surface area contributed by atoms with Crippen molar-refractivity contribution in [3.05, 3.63) is 0 Å². The van der Waals surface area contributed by atoms with Crippen molar-refractivity contribution < 1.29 is 9.47 Å². The van der Waals surface area contributed by atoms with Crippen LogP contribution in [0.1, 0.15) is 78.1 Å². The second-order valence-electron chi connectivity index (χ2n) is 9.99. The largest absolute Gasteiger partial charge is 0.384 e. The molecule has 0 spiro atoms. The van der Waals surface area contributed by atoms with Crippen LogP contribution >= 0.6 is 0 Å². The quantitative estimate of drug-likeness (QED) is 0.683. The molecule has 2 nitrogen and oxygen atoms in total. The minimum atomic E-state index is 0.0977. The first-order valence-electron chi connectivity index (χ1n) is 10.5. The molecule has 24 heavy (non-hydrogen) atoms. The van der Waals surface area contributed by atoms with E-state index in [9.17, 15) is 0 Å². The summed E-state index contributed by atoms with van der Waals surface area (Å²) in [5, 5.41) is 0. The molecule has 4 aliphatic carbocycles. The summed E-state index contributed by atoms with van der Waals surface area (Å²) < 4.78 is 12.0. The number of ether oxygens (including phenoxy) is 2. The Morgan fingerprint density at radius 3 is 2.38 bits per heavy atom. The van der Waals surface area contributed by atoms with Gasteiger partial charge in [-0.05, 0) is 92.8 Å². The molecule has 0 aromatic heterocycles. The van der Waals surface area contributed by atoms with Gasteiger partial charge in [-0.3, -0.25) is 0 Å². The monoisotopic (exact) mass is 334 g/mol. The lowest BCUT2D eigenvalue weighted by Gasteiger charge is -2.62. The molecule has 4 fully saturated rings. The van der Waals surface area contributed by atoms with E-state index in [1.807, 2.05) is 14.2 Å². The summed E-state index contributed by atoms with van der Waals surface area (Å²) in [6.45, 7) is 5.97. The Bertz CT molecular complexity index is 473. The van der Waals surface area contributed by atoms with E-state index >= 15 is 0 Å². The maximum absolute atomic E-state index is 6.11. The Labute approximate surface area is 149 Å². The highest BCUT2D eigenvalue weighted by atomic mass is 16.5. The molecular formula is C22H38O2.